The SMILES string of the molecule is Cc1cc(C)cc(-n2c(SCC(=O)c3ccc(C)c(C)c3)nc3sc4c(c3c2=O)CCCC4)c1. The maximum absolute atomic E-state index is 13.9. The molecule has 0 bridgehead atoms. The van der Waals surface area contributed by atoms with Crippen LogP contribution in [0.5, 0.6) is 0 Å². The number of aryl methyl sites for hydroxylation is 6. The van der Waals surface area contributed by atoms with Crippen molar-refractivity contribution in [2.75, 3.05) is 5.75 Å². The van der Waals surface area contributed by atoms with E-state index < -0.39 is 0 Å². The summed E-state index contributed by atoms with van der Waals surface area (Å²) in [5.41, 5.74) is 7.14. The van der Waals surface area contributed by atoms with Gasteiger partial charge in [0.25, 0.3) is 5.56 Å². The molecule has 0 aliphatic heterocycles. The van der Waals surface area contributed by atoms with Crippen molar-refractivity contribution in [2.45, 2.75) is 58.5 Å². The summed E-state index contributed by atoms with van der Waals surface area (Å²) in [6, 6.07) is 12.0. The summed E-state index contributed by atoms with van der Waals surface area (Å²) in [6.45, 7) is 8.14. The zero-order chi connectivity index (χ0) is 24.0. The monoisotopic (exact) mass is 488 g/mol. The number of thioether (sulfide) groups is 1. The Bertz CT molecular complexity index is 1480. The van der Waals surface area contributed by atoms with E-state index in [-0.39, 0.29) is 17.1 Å². The standard InChI is InChI=1S/C28H28N2O2S2/c1-16-11-17(2)13-21(12-16)30-27(32)25-22-7-5-6-8-24(22)34-26(25)29-28(30)33-15-23(31)20-10-9-18(3)19(4)14-20/h9-14H,5-8,15H2,1-4H3. The summed E-state index contributed by atoms with van der Waals surface area (Å²) >= 11 is 3.00. The van der Waals surface area contributed by atoms with E-state index in [1.807, 2.05) is 58.0 Å². The van der Waals surface area contributed by atoms with Gasteiger partial charge in [-0.25, -0.2) is 4.98 Å². The number of ketones is 1. The predicted octanol–water partition coefficient (Wildman–Crippen LogP) is 6.53. The Morgan fingerprint density at radius 2 is 1.74 bits per heavy atom. The van der Waals surface area contributed by atoms with Gasteiger partial charge >= 0.3 is 0 Å². The first-order valence-electron chi connectivity index (χ1n) is 11.7. The van der Waals surface area contributed by atoms with Crippen molar-refractivity contribution in [2.24, 2.45) is 0 Å². The molecule has 0 saturated heterocycles. The van der Waals surface area contributed by atoms with E-state index >= 15 is 0 Å². The zero-order valence-corrected chi connectivity index (χ0v) is 21.7. The summed E-state index contributed by atoms with van der Waals surface area (Å²) in [5.74, 6) is 0.274. The first-order chi connectivity index (χ1) is 16.3. The lowest BCUT2D eigenvalue weighted by atomic mass is 9.97. The molecule has 0 amide bonds. The summed E-state index contributed by atoms with van der Waals surface area (Å²) in [5, 5.41) is 1.35. The minimum Gasteiger partial charge on any atom is -0.293 e. The predicted molar refractivity (Wildman–Crippen MR) is 142 cm³/mol. The molecule has 0 N–H and O–H groups in total. The van der Waals surface area contributed by atoms with E-state index in [1.54, 1.807) is 15.9 Å². The first-order valence-corrected chi connectivity index (χ1v) is 13.5. The number of rotatable bonds is 5. The highest BCUT2D eigenvalue weighted by Gasteiger charge is 2.23. The summed E-state index contributed by atoms with van der Waals surface area (Å²) in [7, 11) is 0. The summed E-state index contributed by atoms with van der Waals surface area (Å²) in [6.07, 6.45) is 4.24. The van der Waals surface area contributed by atoms with Crippen LogP contribution in [0.4, 0.5) is 0 Å². The van der Waals surface area contributed by atoms with E-state index in [1.165, 1.54) is 27.8 Å². The van der Waals surface area contributed by atoms with Gasteiger partial charge in [-0.2, -0.15) is 0 Å². The number of hydrogen-bond donors (Lipinski definition) is 0. The fraction of sp³-hybridized carbons (Fsp3) is 0.321. The Balaban J connectivity index is 1.61. The Kier molecular flexibility index (Phi) is 6.21. The number of aromatic nitrogens is 2. The van der Waals surface area contributed by atoms with E-state index in [0.717, 1.165) is 58.3 Å². The molecular weight excluding hydrogens is 460 g/mol. The van der Waals surface area contributed by atoms with E-state index in [0.29, 0.717) is 10.7 Å². The lowest BCUT2D eigenvalue weighted by Crippen LogP contribution is -2.23. The largest absolute Gasteiger partial charge is 0.293 e. The summed E-state index contributed by atoms with van der Waals surface area (Å²) in [4.78, 5) is 34.0. The number of nitrogens with zero attached hydrogens (tertiary/aromatic N) is 2. The maximum Gasteiger partial charge on any atom is 0.267 e. The number of Topliss-reactive ketones (excluding diaryl/α,β-unsaturated/α-hetero) is 1. The van der Waals surface area contributed by atoms with Gasteiger partial charge in [0.15, 0.2) is 10.9 Å². The van der Waals surface area contributed by atoms with Gasteiger partial charge in [-0.3, -0.25) is 14.2 Å². The van der Waals surface area contributed by atoms with E-state index in [2.05, 4.69) is 6.07 Å². The molecule has 0 fully saturated rings. The molecule has 4 aromatic rings. The highest BCUT2D eigenvalue weighted by atomic mass is 32.2. The van der Waals surface area contributed by atoms with Gasteiger partial charge in [0.2, 0.25) is 0 Å². The smallest absolute Gasteiger partial charge is 0.267 e. The van der Waals surface area contributed by atoms with Crippen LogP contribution in [0.1, 0.15) is 55.9 Å². The Morgan fingerprint density at radius 1 is 1.00 bits per heavy atom. The van der Waals surface area contributed by atoms with Crippen LogP contribution in [-0.2, 0) is 12.8 Å². The molecule has 0 unspecified atom stereocenters. The van der Waals surface area contributed by atoms with Crippen LogP contribution in [0.25, 0.3) is 15.9 Å². The molecular formula is C28H28N2O2S2. The van der Waals surface area contributed by atoms with Gasteiger partial charge in [0.05, 0.1) is 16.8 Å². The lowest BCUT2D eigenvalue weighted by molar-refractivity contribution is 0.102. The second-order valence-electron chi connectivity index (χ2n) is 9.28. The number of hydrogen-bond acceptors (Lipinski definition) is 5. The van der Waals surface area contributed by atoms with Crippen molar-refractivity contribution >= 4 is 39.1 Å². The Hall–Kier alpha value is -2.70. The number of thiophene rings is 1. The second kappa shape index (κ2) is 9.16. The van der Waals surface area contributed by atoms with Crippen LogP contribution in [0.2, 0.25) is 0 Å². The van der Waals surface area contributed by atoms with Crippen LogP contribution < -0.4 is 5.56 Å². The molecule has 174 valence electrons. The van der Waals surface area contributed by atoms with Crippen LogP contribution >= 0.6 is 23.1 Å². The second-order valence-corrected chi connectivity index (χ2v) is 11.3. The third kappa shape index (κ3) is 4.25. The quantitative estimate of drug-likeness (QED) is 0.182. The van der Waals surface area contributed by atoms with Gasteiger partial charge in [0.1, 0.15) is 4.83 Å². The average molecular weight is 489 g/mol. The minimum atomic E-state index is -0.0180. The average Bonchev–Trinajstić information content (AvgIpc) is 3.17. The number of fused-ring (bicyclic) bond motifs is 3. The van der Waals surface area contributed by atoms with Crippen molar-refractivity contribution < 1.29 is 4.79 Å². The number of benzene rings is 2. The van der Waals surface area contributed by atoms with Crippen LogP contribution in [0.3, 0.4) is 0 Å². The molecule has 1 aliphatic rings. The van der Waals surface area contributed by atoms with Crippen molar-refractivity contribution in [3.63, 3.8) is 0 Å². The van der Waals surface area contributed by atoms with Crippen LogP contribution in [0.15, 0.2) is 46.3 Å². The molecule has 0 radical (unpaired) electrons. The Labute approximate surface area is 208 Å². The molecule has 6 heteroatoms. The van der Waals surface area contributed by atoms with Crippen LogP contribution in [-0.4, -0.2) is 21.1 Å². The van der Waals surface area contributed by atoms with E-state index in [4.69, 9.17) is 4.98 Å². The van der Waals surface area contributed by atoms with Crippen molar-refractivity contribution in [1.29, 1.82) is 0 Å². The topological polar surface area (TPSA) is 52.0 Å². The molecule has 2 aromatic carbocycles. The van der Waals surface area contributed by atoms with Crippen molar-refractivity contribution in [3.8, 4) is 5.69 Å². The van der Waals surface area contributed by atoms with Gasteiger partial charge in [0, 0.05) is 10.4 Å². The third-order valence-corrected chi connectivity index (χ3v) is 8.71. The zero-order valence-electron chi connectivity index (χ0n) is 20.0. The molecule has 0 saturated carbocycles. The van der Waals surface area contributed by atoms with Crippen molar-refractivity contribution in [3.05, 3.63) is 85.0 Å². The van der Waals surface area contributed by atoms with Gasteiger partial charge in [-0.1, -0.05) is 30.0 Å². The van der Waals surface area contributed by atoms with Gasteiger partial charge in [-0.15, -0.1) is 11.3 Å². The molecule has 4 nitrogen and oxygen atoms in total. The molecule has 0 spiro atoms. The molecule has 1 aliphatic carbocycles. The highest BCUT2D eigenvalue weighted by Crippen LogP contribution is 2.35. The minimum absolute atomic E-state index is 0.0180. The fourth-order valence-corrected chi connectivity index (χ4v) is 6.93. The lowest BCUT2D eigenvalue weighted by Gasteiger charge is -2.15. The molecule has 2 heterocycles. The third-order valence-electron chi connectivity index (χ3n) is 6.58. The van der Waals surface area contributed by atoms with Gasteiger partial charge in [-0.05, 0) is 99.4 Å². The maximum atomic E-state index is 13.9. The Morgan fingerprint density at radius 3 is 2.47 bits per heavy atom. The first kappa shape index (κ1) is 23.1. The fourth-order valence-electron chi connectivity index (χ4n) is 4.72. The normalized spacial score (nSPS) is 13.3. The molecule has 5 rings (SSSR count). The molecule has 0 atom stereocenters. The molecule has 34 heavy (non-hydrogen) atoms. The number of carbonyl (C=O) groups is 1. The van der Waals surface area contributed by atoms with Gasteiger partial charge < -0.3 is 0 Å². The van der Waals surface area contributed by atoms with Crippen LogP contribution in [0, 0.1) is 27.7 Å². The highest BCUT2D eigenvalue weighted by molar-refractivity contribution is 7.99. The van der Waals surface area contributed by atoms with E-state index in [9.17, 15) is 9.59 Å². The van der Waals surface area contributed by atoms with Crippen molar-refractivity contribution in [1.82, 2.24) is 9.55 Å². The summed E-state index contributed by atoms with van der Waals surface area (Å²) < 4.78 is 1.72. The molecule has 2 aromatic heterocycles. The number of carbonyl (C=O) groups excluding carboxylic acids is 1.